The van der Waals surface area contributed by atoms with E-state index in [9.17, 15) is 43.2 Å². The molecule has 1 unspecified atom stereocenters. The fourth-order valence-corrected chi connectivity index (χ4v) is 8.55. The summed E-state index contributed by atoms with van der Waals surface area (Å²) in [7, 11) is 6.52. The van der Waals surface area contributed by atoms with Gasteiger partial charge in [-0.2, -0.15) is 0 Å². The average Bonchev–Trinajstić information content (AvgIpc) is 3.82. The molecule has 2 heterocycles. The quantitative estimate of drug-likeness (QED) is 0.0950. The minimum absolute atomic E-state index is 0.00838. The number of aromatic nitrogens is 1. The van der Waals surface area contributed by atoms with E-state index >= 15 is 0 Å². The lowest BCUT2D eigenvalue weighted by Crippen LogP contribution is -2.60. The van der Waals surface area contributed by atoms with Crippen LogP contribution in [0.15, 0.2) is 35.2 Å². The molecule has 5 N–H and O–H groups in total. The highest BCUT2D eigenvalue weighted by Gasteiger charge is 2.39. The van der Waals surface area contributed by atoms with E-state index < -0.39 is 77.2 Å². The monoisotopic (exact) mass is 1020 g/mol. The first kappa shape index (κ1) is 60.1. The number of fused-ring (bicyclic) bond motifs is 1. The van der Waals surface area contributed by atoms with Crippen LogP contribution >= 0.6 is 11.3 Å². The number of carbonyl (C=O) groups excluding carboxylic acids is 9. The van der Waals surface area contributed by atoms with Gasteiger partial charge in [0, 0.05) is 75.4 Å². The molecule has 0 saturated heterocycles. The van der Waals surface area contributed by atoms with Crippen molar-refractivity contribution in [2.45, 2.75) is 143 Å². The Morgan fingerprint density at radius 2 is 1.61 bits per heavy atom. The van der Waals surface area contributed by atoms with Crippen molar-refractivity contribution in [2.24, 2.45) is 17.8 Å². The molecule has 0 aliphatic carbocycles. The first-order valence-corrected chi connectivity index (χ1v) is 25.3. The molecule has 6 atom stereocenters. The number of carbonyl (C=O) groups is 9. The number of hydrogen-bond acceptors (Lipinski definition) is 15. The Morgan fingerprint density at radius 3 is 2.24 bits per heavy atom. The summed E-state index contributed by atoms with van der Waals surface area (Å²) in [6.07, 6.45) is 1.65. The number of benzene rings is 1. The van der Waals surface area contributed by atoms with Gasteiger partial charge in [0.2, 0.25) is 29.5 Å². The second kappa shape index (κ2) is 28.1. The fraction of sp³-hybridized carbons (Fsp3) is 0.608. The number of ether oxygens (including phenoxy) is 3. The Morgan fingerprint density at radius 1 is 0.944 bits per heavy atom. The summed E-state index contributed by atoms with van der Waals surface area (Å²) in [5, 5.41) is 16.0. The summed E-state index contributed by atoms with van der Waals surface area (Å²) < 4.78 is 16.5. The second-order valence-corrected chi connectivity index (χ2v) is 20.3. The van der Waals surface area contributed by atoms with Crippen LogP contribution in [0.2, 0.25) is 0 Å². The first-order valence-electron chi connectivity index (χ1n) is 24.4. The molecule has 398 valence electrons. The zero-order valence-corrected chi connectivity index (χ0v) is 45.0. The zero-order valence-electron chi connectivity index (χ0n) is 44.1. The van der Waals surface area contributed by atoms with E-state index in [1.54, 1.807) is 63.8 Å². The highest BCUT2D eigenvalue weighted by Crippen LogP contribution is 2.32. The van der Waals surface area contributed by atoms with E-state index in [4.69, 9.17) is 14.2 Å². The lowest BCUT2D eigenvalue weighted by molar-refractivity contribution is -0.149. The van der Waals surface area contributed by atoms with Crippen LogP contribution in [0, 0.1) is 17.8 Å². The van der Waals surface area contributed by atoms with Crippen LogP contribution in [0.1, 0.15) is 134 Å². The minimum atomic E-state index is -0.954. The van der Waals surface area contributed by atoms with Crippen molar-refractivity contribution in [2.75, 3.05) is 46.7 Å². The number of nitrogens with zero attached hydrogens (tertiary/aromatic N) is 3. The van der Waals surface area contributed by atoms with Crippen molar-refractivity contribution >= 4 is 70.4 Å². The van der Waals surface area contributed by atoms with Crippen molar-refractivity contribution < 1.29 is 57.4 Å². The maximum Gasteiger partial charge on any atom is 0.311 e. The molecule has 0 bridgehead atoms. The van der Waals surface area contributed by atoms with Gasteiger partial charge in [0.1, 0.15) is 16.7 Å². The molecule has 1 aliphatic heterocycles. The van der Waals surface area contributed by atoms with Gasteiger partial charge in [-0.3, -0.25) is 48.1 Å². The maximum atomic E-state index is 14.3. The Balaban J connectivity index is 1.92. The van der Waals surface area contributed by atoms with Gasteiger partial charge < -0.3 is 45.7 Å². The van der Waals surface area contributed by atoms with Crippen molar-refractivity contribution in [3.63, 3.8) is 0 Å². The number of esters is 3. The zero-order chi connectivity index (χ0) is 54.0. The maximum absolute atomic E-state index is 14.3. The van der Waals surface area contributed by atoms with Crippen molar-refractivity contribution in [1.82, 2.24) is 36.1 Å². The highest BCUT2D eigenvalue weighted by molar-refractivity contribution is 7.09. The standard InChI is InChI=1S/C51H76N8O12S/c1-14-30(4)44(57-50(68)51(8,9)58(10)11)48(66)59(12)38(29(2)3)27-40(70-33(7)60)47-56-37(28-72-47)46(65)54-35(23-32(6)49(67)69-13)25-34-19-20-39-36(26-34)55-41(61)17-15-21-52-42(62)24-31(5)45(64)53-22-16-18-43(63)71-39/h19-20,24,26,28-30,32,35,38,40,44H,14-18,21-23,25,27H2,1-13H3,(H,52,62)(H,53,64)(H,54,65)(H,55,61)(H,57,68)/b31-24-/t30-,32?,35+,38+,40+,44-/m0/s1. The topological polar surface area (TPSA) is 261 Å². The van der Waals surface area contributed by atoms with E-state index in [0.29, 0.717) is 17.0 Å². The van der Waals surface area contributed by atoms with Crippen LogP contribution in [0.25, 0.3) is 0 Å². The van der Waals surface area contributed by atoms with Gasteiger partial charge in [0.15, 0.2) is 11.9 Å². The summed E-state index contributed by atoms with van der Waals surface area (Å²) in [5.41, 5.74) is 0.0806. The van der Waals surface area contributed by atoms with Crippen LogP contribution < -0.4 is 31.3 Å². The van der Waals surface area contributed by atoms with Gasteiger partial charge in [0.25, 0.3) is 5.91 Å². The Bertz CT molecular complexity index is 2290. The third-order valence-electron chi connectivity index (χ3n) is 12.9. The number of methoxy groups -OCH3 is 1. The molecule has 21 heteroatoms. The van der Waals surface area contributed by atoms with Crippen molar-refractivity contribution in [3.8, 4) is 5.75 Å². The molecule has 2 aromatic rings. The minimum Gasteiger partial charge on any atom is -0.469 e. The third-order valence-corrected chi connectivity index (χ3v) is 13.8. The summed E-state index contributed by atoms with van der Waals surface area (Å²) in [6, 6.07) is 2.76. The number of thiazole rings is 1. The molecule has 1 aromatic heterocycles. The average molecular weight is 1030 g/mol. The number of nitrogens with one attached hydrogen (secondary N) is 5. The molecule has 20 nitrogen and oxygen atoms in total. The normalized spacial score (nSPS) is 17.6. The Hall–Kier alpha value is -6.22. The van der Waals surface area contributed by atoms with Gasteiger partial charge in [-0.15, -0.1) is 11.3 Å². The van der Waals surface area contributed by atoms with E-state index in [1.165, 1.54) is 38.5 Å². The molecule has 3 rings (SSSR count). The van der Waals surface area contributed by atoms with Gasteiger partial charge >= 0.3 is 17.9 Å². The number of hydrogen-bond donors (Lipinski definition) is 5. The summed E-state index contributed by atoms with van der Waals surface area (Å²) in [6.45, 7) is 16.0. The molecule has 0 spiro atoms. The van der Waals surface area contributed by atoms with Crippen LogP contribution in [-0.4, -0.2) is 133 Å². The second-order valence-electron chi connectivity index (χ2n) is 19.4. The lowest BCUT2D eigenvalue weighted by Gasteiger charge is -2.38. The molecule has 72 heavy (non-hydrogen) atoms. The predicted octanol–water partition coefficient (Wildman–Crippen LogP) is 4.63. The number of likely N-dealkylation sites (N-methyl/N-ethyl adjacent to an activating group) is 2. The van der Waals surface area contributed by atoms with E-state index in [0.717, 1.165) is 11.3 Å². The molecule has 0 fully saturated rings. The van der Waals surface area contributed by atoms with Gasteiger partial charge in [0.05, 0.1) is 24.3 Å². The third kappa shape index (κ3) is 18.1. The van der Waals surface area contributed by atoms with Crippen LogP contribution in [-0.2, 0) is 54.3 Å². The van der Waals surface area contributed by atoms with Crippen LogP contribution in [0.4, 0.5) is 5.69 Å². The molecular weight excluding hydrogens is 949 g/mol. The highest BCUT2D eigenvalue weighted by atomic mass is 32.1. The fourth-order valence-electron chi connectivity index (χ4n) is 7.71. The number of anilines is 1. The SMILES string of the molecule is CC[C@H](C)[C@H](NC(=O)C(C)(C)N(C)C)C(=O)N(C)[C@H](C[C@@H](OC(C)=O)c1nc(C(=O)N[C@@H](Cc2ccc3c(c2)NC(=O)CCCNC(=O)/C=C(/C)C(=O)NCCCC(=O)O3)CC(C)C(=O)OC)cs1)C(C)C. The number of rotatable bonds is 19. The first-order chi connectivity index (χ1) is 33.8. The summed E-state index contributed by atoms with van der Waals surface area (Å²) >= 11 is 1.10. The molecule has 1 aliphatic rings. The molecular formula is C51H76N8O12S. The molecule has 1 aromatic carbocycles. The molecule has 0 radical (unpaired) electrons. The summed E-state index contributed by atoms with van der Waals surface area (Å²) in [4.78, 5) is 126. The van der Waals surface area contributed by atoms with Crippen molar-refractivity contribution in [1.29, 1.82) is 0 Å². The largest absolute Gasteiger partial charge is 0.469 e. The van der Waals surface area contributed by atoms with Gasteiger partial charge in [-0.05, 0) is 90.1 Å². The van der Waals surface area contributed by atoms with Crippen molar-refractivity contribution in [3.05, 3.63) is 51.5 Å². The Kier molecular flexibility index (Phi) is 23.5. The van der Waals surface area contributed by atoms with Crippen LogP contribution in [0.3, 0.4) is 0 Å². The number of amides is 6. The van der Waals surface area contributed by atoms with E-state index in [-0.39, 0.29) is 104 Å². The lowest BCUT2D eigenvalue weighted by atomic mass is 9.92. The predicted molar refractivity (Wildman–Crippen MR) is 271 cm³/mol. The van der Waals surface area contributed by atoms with Gasteiger partial charge in [-0.25, -0.2) is 4.98 Å². The molecule has 6 amide bonds. The molecule has 0 saturated carbocycles. The van der Waals surface area contributed by atoms with Gasteiger partial charge in [-0.1, -0.05) is 47.1 Å². The summed E-state index contributed by atoms with van der Waals surface area (Å²) in [5.74, 6) is -5.20. The van der Waals surface area contributed by atoms with Crippen LogP contribution in [0.5, 0.6) is 5.75 Å². The smallest absolute Gasteiger partial charge is 0.311 e. The Labute approximate surface area is 427 Å². The van der Waals surface area contributed by atoms with E-state index in [2.05, 4.69) is 31.6 Å². The van der Waals surface area contributed by atoms with E-state index in [1.807, 2.05) is 27.7 Å².